The zero-order valence-electron chi connectivity index (χ0n) is 15.1. The Bertz CT molecular complexity index is 868. The summed E-state index contributed by atoms with van der Waals surface area (Å²) in [6.45, 7) is 5.41. The number of thiocarbonyl (C=S) groups is 1. The Morgan fingerprint density at radius 3 is 2.59 bits per heavy atom. The monoisotopic (exact) mass is 381 g/mol. The summed E-state index contributed by atoms with van der Waals surface area (Å²) in [5.74, 6) is 0.869. The van der Waals surface area contributed by atoms with Gasteiger partial charge in [-0.25, -0.2) is 0 Å². The molecule has 140 valence electrons. The minimum Gasteiger partial charge on any atom is -0.456 e. The molecule has 0 amide bonds. The maximum absolute atomic E-state index is 5.91. The summed E-state index contributed by atoms with van der Waals surface area (Å²) < 4.78 is 11.3. The molecule has 0 aliphatic carbocycles. The molecule has 1 fully saturated rings. The second kappa shape index (κ2) is 8.52. The first-order valence-corrected chi connectivity index (χ1v) is 9.63. The lowest BCUT2D eigenvalue weighted by Gasteiger charge is -2.26. The highest BCUT2D eigenvalue weighted by Gasteiger charge is 2.10. The van der Waals surface area contributed by atoms with Crippen LogP contribution >= 0.6 is 12.2 Å². The lowest BCUT2D eigenvalue weighted by Crippen LogP contribution is -2.42. The minimum atomic E-state index is 0.639. The minimum absolute atomic E-state index is 0.639. The van der Waals surface area contributed by atoms with Gasteiger partial charge < -0.3 is 19.8 Å². The van der Waals surface area contributed by atoms with E-state index in [1.54, 1.807) is 0 Å². The van der Waals surface area contributed by atoms with Crippen LogP contribution in [0.25, 0.3) is 22.3 Å². The molecule has 0 spiro atoms. The lowest BCUT2D eigenvalue weighted by molar-refractivity contribution is 0.0389. The molecule has 4 rings (SSSR count). The van der Waals surface area contributed by atoms with Crippen molar-refractivity contribution in [3.05, 3.63) is 54.6 Å². The molecular weight excluding hydrogens is 358 g/mol. The van der Waals surface area contributed by atoms with Crippen molar-refractivity contribution in [1.29, 1.82) is 0 Å². The molecule has 1 aliphatic rings. The summed E-state index contributed by atoms with van der Waals surface area (Å²) in [6, 6.07) is 18.2. The SMILES string of the molecule is S=C(NCCN1CCOCC1)Nc1ccc(-c2cc3ccccc3o2)cc1. The van der Waals surface area contributed by atoms with Gasteiger partial charge in [0.1, 0.15) is 11.3 Å². The van der Waals surface area contributed by atoms with E-state index < -0.39 is 0 Å². The molecule has 2 N–H and O–H groups in total. The summed E-state index contributed by atoms with van der Waals surface area (Å²) in [5.41, 5.74) is 2.90. The number of rotatable bonds is 5. The molecule has 2 aromatic carbocycles. The first-order valence-electron chi connectivity index (χ1n) is 9.22. The maximum atomic E-state index is 5.91. The molecule has 0 saturated carbocycles. The van der Waals surface area contributed by atoms with Crippen LogP contribution in [-0.2, 0) is 4.74 Å². The van der Waals surface area contributed by atoms with Gasteiger partial charge in [-0.15, -0.1) is 0 Å². The Kier molecular flexibility index (Phi) is 5.67. The van der Waals surface area contributed by atoms with E-state index in [-0.39, 0.29) is 0 Å². The fraction of sp³-hybridized carbons (Fsp3) is 0.286. The van der Waals surface area contributed by atoms with Gasteiger partial charge in [-0.05, 0) is 48.6 Å². The Labute approximate surface area is 164 Å². The third-order valence-electron chi connectivity index (χ3n) is 4.67. The van der Waals surface area contributed by atoms with E-state index in [1.807, 2.05) is 42.5 Å². The van der Waals surface area contributed by atoms with Crippen LogP contribution in [0.1, 0.15) is 0 Å². The van der Waals surface area contributed by atoms with Crippen molar-refractivity contribution in [2.45, 2.75) is 0 Å². The fourth-order valence-electron chi connectivity index (χ4n) is 3.17. The van der Waals surface area contributed by atoms with Crippen LogP contribution in [0.5, 0.6) is 0 Å². The third-order valence-corrected chi connectivity index (χ3v) is 4.92. The van der Waals surface area contributed by atoms with Crippen LogP contribution < -0.4 is 10.6 Å². The number of ether oxygens (including phenoxy) is 1. The summed E-state index contributed by atoms with van der Waals surface area (Å²) in [7, 11) is 0. The zero-order chi connectivity index (χ0) is 18.5. The van der Waals surface area contributed by atoms with Crippen molar-refractivity contribution in [1.82, 2.24) is 10.2 Å². The number of nitrogens with zero attached hydrogens (tertiary/aromatic N) is 1. The first-order chi connectivity index (χ1) is 13.3. The average Bonchev–Trinajstić information content (AvgIpc) is 3.13. The van der Waals surface area contributed by atoms with E-state index in [4.69, 9.17) is 21.4 Å². The van der Waals surface area contributed by atoms with Crippen LogP contribution in [0.15, 0.2) is 59.0 Å². The molecule has 6 heteroatoms. The normalized spacial score (nSPS) is 15.0. The Morgan fingerprint density at radius 2 is 1.81 bits per heavy atom. The molecule has 1 aromatic heterocycles. The number of hydrogen-bond donors (Lipinski definition) is 2. The summed E-state index contributed by atoms with van der Waals surface area (Å²) in [4.78, 5) is 2.38. The number of para-hydroxylation sites is 1. The highest BCUT2D eigenvalue weighted by atomic mass is 32.1. The largest absolute Gasteiger partial charge is 0.456 e. The van der Waals surface area contributed by atoms with Gasteiger partial charge in [0.15, 0.2) is 5.11 Å². The fourth-order valence-corrected chi connectivity index (χ4v) is 3.39. The molecule has 3 aromatic rings. The standard InChI is InChI=1S/C21H23N3O2S/c27-21(22-9-10-24-11-13-25-14-12-24)23-18-7-5-16(6-8-18)20-15-17-3-1-2-4-19(17)26-20/h1-8,15H,9-14H2,(H2,22,23,27). The molecule has 2 heterocycles. The third kappa shape index (κ3) is 4.66. The summed E-state index contributed by atoms with van der Waals surface area (Å²) in [6.07, 6.45) is 0. The second-order valence-corrected chi connectivity index (χ2v) is 6.97. The number of furan rings is 1. The van der Waals surface area contributed by atoms with Gasteiger partial charge in [0.25, 0.3) is 0 Å². The molecule has 0 atom stereocenters. The van der Waals surface area contributed by atoms with Crippen molar-refractivity contribution in [3.8, 4) is 11.3 Å². The molecule has 27 heavy (non-hydrogen) atoms. The van der Waals surface area contributed by atoms with Crippen molar-refractivity contribution < 1.29 is 9.15 Å². The number of nitrogens with one attached hydrogen (secondary N) is 2. The maximum Gasteiger partial charge on any atom is 0.170 e. The number of benzene rings is 2. The Morgan fingerprint density at radius 1 is 1.04 bits per heavy atom. The smallest absolute Gasteiger partial charge is 0.170 e. The van der Waals surface area contributed by atoms with E-state index >= 15 is 0 Å². The number of hydrogen-bond acceptors (Lipinski definition) is 4. The van der Waals surface area contributed by atoms with Crippen LogP contribution in [-0.4, -0.2) is 49.4 Å². The van der Waals surface area contributed by atoms with Crippen molar-refractivity contribution in [2.75, 3.05) is 44.7 Å². The molecule has 1 aliphatic heterocycles. The molecule has 1 saturated heterocycles. The van der Waals surface area contributed by atoms with Gasteiger partial charge in [-0.2, -0.15) is 0 Å². The van der Waals surface area contributed by atoms with Crippen LogP contribution in [0, 0.1) is 0 Å². The van der Waals surface area contributed by atoms with Crippen molar-refractivity contribution in [3.63, 3.8) is 0 Å². The first kappa shape index (κ1) is 18.0. The number of fused-ring (bicyclic) bond motifs is 1. The Hall–Kier alpha value is -2.41. The molecule has 0 radical (unpaired) electrons. The Balaban J connectivity index is 1.30. The van der Waals surface area contributed by atoms with E-state index in [2.05, 4.69) is 27.7 Å². The van der Waals surface area contributed by atoms with Gasteiger partial charge in [0, 0.05) is 42.8 Å². The molecule has 0 bridgehead atoms. The van der Waals surface area contributed by atoms with Crippen LogP contribution in [0.4, 0.5) is 5.69 Å². The topological polar surface area (TPSA) is 49.7 Å². The van der Waals surface area contributed by atoms with Gasteiger partial charge in [0.2, 0.25) is 0 Å². The van der Waals surface area contributed by atoms with E-state index in [0.717, 1.165) is 67.4 Å². The van der Waals surface area contributed by atoms with Crippen molar-refractivity contribution in [2.24, 2.45) is 0 Å². The van der Waals surface area contributed by atoms with Gasteiger partial charge in [-0.1, -0.05) is 18.2 Å². The highest BCUT2D eigenvalue weighted by Crippen LogP contribution is 2.28. The predicted molar refractivity (Wildman–Crippen MR) is 113 cm³/mol. The quantitative estimate of drug-likeness (QED) is 0.657. The summed E-state index contributed by atoms with van der Waals surface area (Å²) in [5, 5.41) is 8.24. The van der Waals surface area contributed by atoms with Gasteiger partial charge in [-0.3, -0.25) is 4.90 Å². The van der Waals surface area contributed by atoms with E-state index in [9.17, 15) is 0 Å². The van der Waals surface area contributed by atoms with Gasteiger partial charge >= 0.3 is 0 Å². The van der Waals surface area contributed by atoms with E-state index in [1.165, 1.54) is 0 Å². The number of anilines is 1. The molecule has 5 nitrogen and oxygen atoms in total. The zero-order valence-corrected chi connectivity index (χ0v) is 15.9. The van der Waals surface area contributed by atoms with Crippen LogP contribution in [0.3, 0.4) is 0 Å². The summed E-state index contributed by atoms with van der Waals surface area (Å²) >= 11 is 5.39. The van der Waals surface area contributed by atoms with Crippen LogP contribution in [0.2, 0.25) is 0 Å². The van der Waals surface area contributed by atoms with Crippen molar-refractivity contribution >= 4 is 34.0 Å². The second-order valence-electron chi connectivity index (χ2n) is 6.56. The van der Waals surface area contributed by atoms with E-state index in [0.29, 0.717) is 5.11 Å². The molecular formula is C21H23N3O2S. The predicted octanol–water partition coefficient (Wildman–Crippen LogP) is 3.72. The highest BCUT2D eigenvalue weighted by molar-refractivity contribution is 7.80. The molecule has 0 unspecified atom stereocenters. The average molecular weight is 382 g/mol. The lowest BCUT2D eigenvalue weighted by atomic mass is 10.1. The van der Waals surface area contributed by atoms with Gasteiger partial charge in [0.05, 0.1) is 13.2 Å². The number of morpholine rings is 1.